The molecule has 3 heteroatoms. The molecule has 3 unspecified atom stereocenters. The fourth-order valence-corrected chi connectivity index (χ4v) is 2.59. The molecule has 3 atom stereocenters. The molecular formula is C14H27N3. The van der Waals surface area contributed by atoms with Crippen LogP contribution < -0.4 is 5.32 Å². The van der Waals surface area contributed by atoms with Crippen molar-refractivity contribution in [3.63, 3.8) is 0 Å². The van der Waals surface area contributed by atoms with Crippen LogP contribution in [0.1, 0.15) is 47.0 Å². The van der Waals surface area contributed by atoms with Gasteiger partial charge in [-0.05, 0) is 59.5 Å². The van der Waals surface area contributed by atoms with Gasteiger partial charge in [-0.15, -0.1) is 0 Å². The summed E-state index contributed by atoms with van der Waals surface area (Å²) in [6, 6.07) is 3.50. The van der Waals surface area contributed by atoms with Gasteiger partial charge in [0.25, 0.3) is 0 Å². The molecule has 1 N–H and O–H groups in total. The molecule has 0 aromatic rings. The van der Waals surface area contributed by atoms with E-state index >= 15 is 0 Å². The highest BCUT2D eigenvalue weighted by atomic mass is 15.2. The molecule has 1 aliphatic carbocycles. The Hall–Kier alpha value is -0.590. The van der Waals surface area contributed by atoms with Crippen LogP contribution >= 0.6 is 0 Å². The summed E-state index contributed by atoms with van der Waals surface area (Å²) in [5, 5.41) is 12.6. The average molecular weight is 237 g/mol. The second-order valence-corrected chi connectivity index (χ2v) is 5.77. The third-order valence-corrected chi connectivity index (χ3v) is 4.16. The molecule has 0 aromatic carbocycles. The van der Waals surface area contributed by atoms with Crippen LogP contribution in [0.3, 0.4) is 0 Å². The fraction of sp³-hybridized carbons (Fsp3) is 0.929. The lowest BCUT2D eigenvalue weighted by molar-refractivity contribution is 0.152. The lowest BCUT2D eigenvalue weighted by Crippen LogP contribution is -2.48. The Balaban J connectivity index is 2.51. The summed E-state index contributed by atoms with van der Waals surface area (Å²) in [6.07, 6.45) is 3.63. The van der Waals surface area contributed by atoms with Crippen molar-refractivity contribution < 1.29 is 0 Å². The van der Waals surface area contributed by atoms with Crippen LogP contribution in [0.2, 0.25) is 0 Å². The Labute approximate surface area is 106 Å². The maximum Gasteiger partial charge on any atom is 0.105 e. The summed E-state index contributed by atoms with van der Waals surface area (Å²) < 4.78 is 0. The van der Waals surface area contributed by atoms with E-state index in [4.69, 9.17) is 0 Å². The van der Waals surface area contributed by atoms with E-state index in [1.807, 2.05) is 6.92 Å². The van der Waals surface area contributed by atoms with Crippen LogP contribution in [0, 0.1) is 17.2 Å². The van der Waals surface area contributed by atoms with E-state index in [1.54, 1.807) is 0 Å². The van der Waals surface area contributed by atoms with Crippen molar-refractivity contribution in [2.45, 2.75) is 64.6 Å². The van der Waals surface area contributed by atoms with E-state index in [-0.39, 0.29) is 0 Å². The predicted molar refractivity (Wildman–Crippen MR) is 71.7 cm³/mol. The highest BCUT2D eigenvalue weighted by Crippen LogP contribution is 2.35. The van der Waals surface area contributed by atoms with Gasteiger partial charge in [0.1, 0.15) is 5.54 Å². The zero-order chi connectivity index (χ0) is 13.1. The molecule has 0 saturated heterocycles. The van der Waals surface area contributed by atoms with Gasteiger partial charge in [-0.25, -0.2) is 0 Å². The molecule has 3 nitrogen and oxygen atoms in total. The van der Waals surface area contributed by atoms with Crippen LogP contribution in [0.4, 0.5) is 0 Å². The Bertz CT molecular complexity index is 280. The number of rotatable bonds is 7. The minimum atomic E-state index is -0.397. The van der Waals surface area contributed by atoms with Crippen molar-refractivity contribution in [1.29, 1.82) is 5.26 Å². The largest absolute Gasteiger partial charge is 0.301 e. The zero-order valence-corrected chi connectivity index (χ0v) is 12.0. The second-order valence-electron chi connectivity index (χ2n) is 5.77. The Morgan fingerprint density at radius 2 is 2.06 bits per heavy atom. The fourth-order valence-electron chi connectivity index (χ4n) is 2.59. The average Bonchev–Trinajstić information content (AvgIpc) is 3.11. The molecule has 1 aliphatic rings. The molecule has 0 aromatic heterocycles. The quantitative estimate of drug-likeness (QED) is 0.739. The Morgan fingerprint density at radius 3 is 2.47 bits per heavy atom. The zero-order valence-electron chi connectivity index (χ0n) is 12.0. The third kappa shape index (κ3) is 3.97. The molecule has 0 heterocycles. The lowest BCUT2D eigenvalue weighted by atomic mass is 9.93. The van der Waals surface area contributed by atoms with Gasteiger partial charge in [-0.3, -0.25) is 5.32 Å². The molecule has 0 bridgehead atoms. The lowest BCUT2D eigenvalue weighted by Gasteiger charge is -2.35. The standard InChI is InChI=1S/C14H27N3/c1-6-16-14(4,10-15)9-11(2)17(5)12(3)13-7-8-13/h11-13,16H,6-9H2,1-5H3. The summed E-state index contributed by atoms with van der Waals surface area (Å²) in [5.74, 6) is 0.884. The van der Waals surface area contributed by atoms with Crippen molar-refractivity contribution in [3.8, 4) is 6.07 Å². The van der Waals surface area contributed by atoms with Crippen LogP contribution in [0.5, 0.6) is 0 Å². The highest BCUT2D eigenvalue weighted by Gasteiger charge is 2.34. The van der Waals surface area contributed by atoms with Crippen LogP contribution in [0.15, 0.2) is 0 Å². The first kappa shape index (κ1) is 14.5. The van der Waals surface area contributed by atoms with Gasteiger partial charge in [-0.2, -0.15) is 5.26 Å². The highest BCUT2D eigenvalue weighted by molar-refractivity contribution is 5.05. The molecule has 98 valence electrons. The summed E-state index contributed by atoms with van der Waals surface area (Å²) in [7, 11) is 2.19. The van der Waals surface area contributed by atoms with Crippen molar-refractivity contribution in [3.05, 3.63) is 0 Å². The number of nitriles is 1. The van der Waals surface area contributed by atoms with E-state index in [0.717, 1.165) is 18.9 Å². The maximum atomic E-state index is 9.28. The van der Waals surface area contributed by atoms with Gasteiger partial charge in [0.2, 0.25) is 0 Å². The van der Waals surface area contributed by atoms with E-state index in [2.05, 4.69) is 44.1 Å². The predicted octanol–water partition coefficient (Wildman–Crippen LogP) is 2.39. The van der Waals surface area contributed by atoms with Gasteiger partial charge in [0.05, 0.1) is 6.07 Å². The maximum absolute atomic E-state index is 9.28. The molecule has 0 radical (unpaired) electrons. The normalized spacial score (nSPS) is 22.9. The van der Waals surface area contributed by atoms with E-state index < -0.39 is 5.54 Å². The Morgan fingerprint density at radius 1 is 1.47 bits per heavy atom. The molecule has 0 amide bonds. The number of nitrogens with one attached hydrogen (secondary N) is 1. The number of hydrogen-bond acceptors (Lipinski definition) is 3. The molecule has 1 saturated carbocycles. The first-order chi connectivity index (χ1) is 7.93. The monoisotopic (exact) mass is 237 g/mol. The summed E-state index contributed by atoms with van der Waals surface area (Å²) >= 11 is 0. The molecule has 1 rings (SSSR count). The minimum Gasteiger partial charge on any atom is -0.301 e. The van der Waals surface area contributed by atoms with Crippen molar-refractivity contribution in [1.82, 2.24) is 10.2 Å². The van der Waals surface area contributed by atoms with E-state index in [9.17, 15) is 5.26 Å². The molecular weight excluding hydrogens is 210 g/mol. The van der Waals surface area contributed by atoms with Crippen molar-refractivity contribution in [2.75, 3.05) is 13.6 Å². The number of hydrogen-bond donors (Lipinski definition) is 1. The summed E-state index contributed by atoms with van der Waals surface area (Å²) in [4.78, 5) is 2.44. The number of nitrogens with zero attached hydrogens (tertiary/aromatic N) is 2. The first-order valence-electron chi connectivity index (χ1n) is 6.81. The van der Waals surface area contributed by atoms with Gasteiger partial charge in [0, 0.05) is 12.1 Å². The van der Waals surface area contributed by atoms with Crippen molar-refractivity contribution in [2.24, 2.45) is 5.92 Å². The van der Waals surface area contributed by atoms with Gasteiger partial charge in [0.15, 0.2) is 0 Å². The molecule has 0 aliphatic heterocycles. The summed E-state index contributed by atoms with van der Waals surface area (Å²) in [5.41, 5.74) is -0.397. The SMILES string of the molecule is CCNC(C)(C#N)CC(C)N(C)C(C)C1CC1. The topological polar surface area (TPSA) is 39.1 Å². The van der Waals surface area contributed by atoms with Crippen LogP contribution in [-0.2, 0) is 0 Å². The van der Waals surface area contributed by atoms with Crippen LogP contribution in [-0.4, -0.2) is 36.1 Å². The van der Waals surface area contributed by atoms with Gasteiger partial charge < -0.3 is 4.90 Å². The molecule has 0 spiro atoms. The van der Waals surface area contributed by atoms with E-state index in [0.29, 0.717) is 12.1 Å². The summed E-state index contributed by atoms with van der Waals surface area (Å²) in [6.45, 7) is 9.44. The minimum absolute atomic E-state index is 0.397. The Kier molecular flexibility index (Phi) is 4.97. The molecule has 1 fully saturated rings. The van der Waals surface area contributed by atoms with E-state index in [1.165, 1.54) is 12.8 Å². The van der Waals surface area contributed by atoms with Crippen LogP contribution in [0.25, 0.3) is 0 Å². The molecule has 17 heavy (non-hydrogen) atoms. The van der Waals surface area contributed by atoms with Gasteiger partial charge >= 0.3 is 0 Å². The first-order valence-corrected chi connectivity index (χ1v) is 6.81. The third-order valence-electron chi connectivity index (χ3n) is 4.16. The van der Waals surface area contributed by atoms with Gasteiger partial charge in [-0.1, -0.05) is 6.92 Å². The second kappa shape index (κ2) is 5.84. The smallest absolute Gasteiger partial charge is 0.105 e. The van der Waals surface area contributed by atoms with Crippen molar-refractivity contribution >= 4 is 0 Å².